The fourth-order valence-corrected chi connectivity index (χ4v) is 20.8. The molecule has 3 aliphatic carbocycles. The smallest absolute Gasteiger partial charge is 0.211 e. The molecule has 141 heavy (non-hydrogen) atoms. The van der Waals surface area contributed by atoms with Crippen molar-refractivity contribution < 1.29 is 71.6 Å². The Morgan fingerprint density at radius 2 is 0.801 bits per heavy atom. The molecule has 1 saturated heterocycles. The molecule has 1 aliphatic heterocycles. The number of fused-ring (bicyclic) bond motifs is 4. The average Bonchev–Trinajstić information content (AvgIpc) is 1.70. The predicted octanol–water partition coefficient (Wildman–Crippen LogP) is 20.5. The highest BCUT2D eigenvalue weighted by molar-refractivity contribution is 7.90. The van der Waals surface area contributed by atoms with E-state index in [1.165, 1.54) is 34.7 Å². The summed E-state index contributed by atoms with van der Waals surface area (Å²) in [5, 5.41) is 32.7. The van der Waals surface area contributed by atoms with Gasteiger partial charge in [0.1, 0.15) is 95.8 Å². The van der Waals surface area contributed by atoms with Gasteiger partial charge in [-0.1, -0.05) is 85.2 Å². The molecule has 5 aromatic heterocycles. The third-order valence-electron chi connectivity index (χ3n) is 23.9. The van der Waals surface area contributed by atoms with Crippen LogP contribution in [0.25, 0.3) is 33.2 Å². The number of halogens is 4. The number of piperidine rings is 1. The fourth-order valence-electron chi connectivity index (χ4n) is 17.0. The number of terminal acetylenes is 1. The van der Waals surface area contributed by atoms with Gasteiger partial charge >= 0.3 is 0 Å². The molecular formula is C105H106Cl4N12O16S4. The standard InChI is InChI=1S/C27H24ClN3O4S.2C26H26ClN3O4S.C26H30ClN3O4S/c1-3-18-13-21(15-24(28)27(18)35-22-5-4-6-22)31-12-10-19-14-23(7-8-25(19)31)34-16-20-9-11-29-26(30-20)17-36(2,32)33;2*1-3-10-33-26-19(14-28)11-18(13-24(26)27)23-6-4-17-12-21(5-7-22(17)23)34-15-20-8-9-29-25(30-20)16-35(2,31)32;1-3-13-34-26-21(18-28)15-22(17-24(26)27)30-12-8-20-16-23(4-5-25(20)30)33-14-9-19-6-10-29(11-7-19)35(2,31)32/h1,7-15,22H,4-6,16-17H2,2H3;2*5,7-9,11-13,23H,3-4,6,10,15-16H2,1-2H3;4-5,8,12,15-17,19H,3,6-7,9-11,13-14H2,1-2H3/t;2*23-;/m.10./s1. The van der Waals surface area contributed by atoms with Crippen LogP contribution in [-0.2, 0) is 89.5 Å². The number of benzene rings is 8. The lowest BCUT2D eigenvalue weighted by molar-refractivity contribution is 0.120. The van der Waals surface area contributed by atoms with Gasteiger partial charge in [0.2, 0.25) is 10.0 Å². The molecule has 0 spiro atoms. The van der Waals surface area contributed by atoms with Crippen molar-refractivity contribution >= 4 is 108 Å². The van der Waals surface area contributed by atoms with Crippen LogP contribution in [0.3, 0.4) is 0 Å². The third kappa shape index (κ3) is 28.0. The van der Waals surface area contributed by atoms with Crippen molar-refractivity contribution in [2.45, 2.75) is 159 Å². The Morgan fingerprint density at radius 1 is 0.418 bits per heavy atom. The first-order valence-corrected chi connectivity index (χ1v) is 55.6. The third-order valence-corrected chi connectivity index (χ3v) is 28.7. The molecule has 8 aromatic carbocycles. The number of ether oxygens (including phenoxy) is 8. The number of rotatable bonds is 35. The Morgan fingerprint density at radius 3 is 1.18 bits per heavy atom. The molecule has 0 amide bonds. The van der Waals surface area contributed by atoms with Gasteiger partial charge in [0.25, 0.3) is 0 Å². The summed E-state index contributed by atoms with van der Waals surface area (Å²) in [6.45, 7) is 9.92. The van der Waals surface area contributed by atoms with Crippen LogP contribution in [0.5, 0.6) is 46.0 Å². The molecule has 0 N–H and O–H groups in total. The summed E-state index contributed by atoms with van der Waals surface area (Å²) in [5.41, 5.74) is 14.1. The van der Waals surface area contributed by atoms with Gasteiger partial charge in [-0.3, -0.25) is 0 Å². The summed E-state index contributed by atoms with van der Waals surface area (Å²) in [5.74, 6) is 8.40. The molecule has 2 fully saturated rings. The van der Waals surface area contributed by atoms with Crippen molar-refractivity contribution in [1.29, 1.82) is 15.8 Å². The maximum Gasteiger partial charge on any atom is 0.211 e. The zero-order chi connectivity index (χ0) is 100. The summed E-state index contributed by atoms with van der Waals surface area (Å²) >= 11 is 26.0. The molecule has 734 valence electrons. The molecule has 0 bridgehead atoms. The Bertz CT molecular complexity index is 7230. The van der Waals surface area contributed by atoms with E-state index in [4.69, 9.17) is 90.7 Å². The van der Waals surface area contributed by atoms with Gasteiger partial charge in [0.05, 0.1) is 109 Å². The topological polar surface area (TPSA) is 372 Å². The van der Waals surface area contributed by atoms with Crippen LogP contribution in [0.2, 0.25) is 20.1 Å². The van der Waals surface area contributed by atoms with Crippen LogP contribution in [0.1, 0.15) is 193 Å². The maximum absolute atomic E-state index is 11.7. The van der Waals surface area contributed by atoms with E-state index in [1.54, 1.807) is 41.0 Å². The molecule has 13 aromatic rings. The second-order valence-corrected chi connectivity index (χ2v) is 45.0. The first-order chi connectivity index (χ1) is 67.6. The largest absolute Gasteiger partial charge is 0.494 e. The van der Waals surface area contributed by atoms with Gasteiger partial charge in [-0.15, -0.1) is 6.42 Å². The number of nitriles is 3. The first-order valence-electron chi connectivity index (χ1n) is 46.1. The molecule has 6 heterocycles. The lowest BCUT2D eigenvalue weighted by Crippen LogP contribution is -2.38. The highest BCUT2D eigenvalue weighted by Gasteiger charge is 2.31. The number of aryl methyl sites for hydroxylation is 2. The lowest BCUT2D eigenvalue weighted by Gasteiger charge is -2.30. The number of sulfonamides is 1. The predicted molar refractivity (Wildman–Crippen MR) is 544 cm³/mol. The molecule has 0 unspecified atom stereocenters. The zero-order valence-corrected chi connectivity index (χ0v) is 85.2. The van der Waals surface area contributed by atoms with Gasteiger partial charge in [-0.2, -0.15) is 15.8 Å². The molecule has 36 heteroatoms. The van der Waals surface area contributed by atoms with E-state index in [1.807, 2.05) is 158 Å². The first kappa shape index (κ1) is 104. The van der Waals surface area contributed by atoms with E-state index in [0.717, 1.165) is 152 Å². The Labute approximate surface area is 842 Å². The SMILES string of the molecule is C#Cc1cc(-n2ccc3cc(OCc4ccnc(CS(C)(=O)=O)n4)ccc32)cc(Cl)c1OC1CCC1.CCCOc1c(Cl)cc(-n2ccc3cc(OCCC4CCN(S(C)(=O)=O)CC4)ccc32)cc1C#N.CCCOc1c(Cl)cc([C@@H]2CCc3cc(OCc4ccnc(CS(C)(=O)=O)n4)ccc32)cc1C#N.CCCOc1c(Cl)cc([C@H]2CCc3cc(OCc4ccnc(CS(C)(=O)=O)n4)ccc32)cc1C#N. The second-order valence-electron chi connectivity index (χ2n) is 35.0. The van der Waals surface area contributed by atoms with Crippen molar-refractivity contribution in [3.63, 3.8) is 0 Å². The van der Waals surface area contributed by atoms with Crippen LogP contribution in [0, 0.1) is 52.3 Å². The normalized spacial score (nSPS) is 14.7. The van der Waals surface area contributed by atoms with Crippen molar-refractivity contribution in [3.05, 3.63) is 293 Å². The summed E-state index contributed by atoms with van der Waals surface area (Å²) < 4.78 is 145. The molecule has 17 rings (SSSR count). The second kappa shape index (κ2) is 47.3. The molecule has 0 radical (unpaired) electrons. The Balaban J connectivity index is 0.000000150. The van der Waals surface area contributed by atoms with E-state index in [-0.39, 0.29) is 72.5 Å². The average molecular weight is 2060 g/mol. The van der Waals surface area contributed by atoms with E-state index in [9.17, 15) is 49.5 Å². The van der Waals surface area contributed by atoms with Crippen LogP contribution in [0.15, 0.2) is 183 Å². The van der Waals surface area contributed by atoms with Crippen molar-refractivity contribution in [2.24, 2.45) is 5.92 Å². The van der Waals surface area contributed by atoms with Crippen LogP contribution in [-0.4, -0.2) is 148 Å². The van der Waals surface area contributed by atoms with Crippen molar-refractivity contribution in [3.8, 4) is 87.9 Å². The molecule has 2 atom stereocenters. The van der Waals surface area contributed by atoms with E-state index >= 15 is 0 Å². The zero-order valence-electron chi connectivity index (χ0n) is 78.9. The minimum atomic E-state index is -3.21. The minimum absolute atomic E-state index is 0.143. The summed E-state index contributed by atoms with van der Waals surface area (Å²) in [6, 6.07) is 54.4. The van der Waals surface area contributed by atoms with Gasteiger partial charge in [-0.25, -0.2) is 67.9 Å². The fraction of sp³-hybridized carbons (Fsp3) is 0.343. The maximum atomic E-state index is 11.7. The van der Waals surface area contributed by atoms with Crippen molar-refractivity contribution in [2.75, 3.05) is 64.5 Å². The monoisotopic (exact) mass is 2060 g/mol. The van der Waals surface area contributed by atoms with E-state index in [2.05, 4.69) is 66.2 Å². The van der Waals surface area contributed by atoms with Gasteiger partial charge in [0, 0.05) is 96.8 Å². The van der Waals surface area contributed by atoms with Gasteiger partial charge in [-0.05, 0) is 262 Å². The summed E-state index contributed by atoms with van der Waals surface area (Å²) in [7, 11) is -12.7. The number of aromatic nitrogens is 8. The highest BCUT2D eigenvalue weighted by atomic mass is 35.5. The Hall–Kier alpha value is -12.6. The Kier molecular flexibility index (Phi) is 35.0. The molecular weight excluding hydrogens is 1960 g/mol. The number of hydrogen-bond acceptors (Lipinski definition) is 25. The number of hydrogen-bond donors (Lipinski definition) is 0. The van der Waals surface area contributed by atoms with E-state index in [0.29, 0.717) is 145 Å². The van der Waals surface area contributed by atoms with Crippen LogP contribution < -0.4 is 37.9 Å². The van der Waals surface area contributed by atoms with E-state index < -0.39 is 39.5 Å². The number of nitrogens with zero attached hydrogens (tertiary/aromatic N) is 12. The lowest BCUT2D eigenvalue weighted by atomic mass is 9.91. The van der Waals surface area contributed by atoms with Crippen LogP contribution >= 0.6 is 46.4 Å². The van der Waals surface area contributed by atoms with Gasteiger partial charge in [0.15, 0.2) is 52.5 Å². The van der Waals surface area contributed by atoms with Gasteiger partial charge < -0.3 is 47.0 Å². The summed E-state index contributed by atoms with van der Waals surface area (Å²) in [6.07, 6.45) is 31.2. The number of sulfone groups is 3. The highest BCUT2D eigenvalue weighted by Crippen LogP contribution is 2.46. The quantitative estimate of drug-likeness (QED) is 0.0333. The molecule has 1 saturated carbocycles. The summed E-state index contributed by atoms with van der Waals surface area (Å²) in [4.78, 5) is 24.9. The molecule has 4 aliphatic rings. The molecule has 28 nitrogen and oxygen atoms in total. The van der Waals surface area contributed by atoms with Crippen LogP contribution in [0.4, 0.5) is 0 Å². The minimum Gasteiger partial charge on any atom is -0.494 e. The van der Waals surface area contributed by atoms with Crippen molar-refractivity contribution in [1.82, 2.24) is 43.3 Å².